The van der Waals surface area contributed by atoms with Crippen LogP contribution in [0.1, 0.15) is 38.2 Å². The van der Waals surface area contributed by atoms with E-state index in [-0.39, 0.29) is 0 Å². The highest BCUT2D eigenvalue weighted by atomic mass is 35.5. The third-order valence-electron chi connectivity index (χ3n) is 5.07. The first-order valence-corrected chi connectivity index (χ1v) is 9.49. The van der Waals surface area contributed by atoms with Gasteiger partial charge in [0.05, 0.1) is 29.6 Å². The van der Waals surface area contributed by atoms with Crippen molar-refractivity contribution in [3.05, 3.63) is 29.8 Å². The van der Waals surface area contributed by atoms with E-state index >= 15 is 0 Å². The topological polar surface area (TPSA) is 55.8 Å². The smallest absolute Gasteiger partial charge is 0.168 e. The van der Waals surface area contributed by atoms with Crippen molar-refractivity contribution >= 4 is 22.4 Å². The second-order valence-corrected chi connectivity index (χ2v) is 9.44. The molecule has 23 heavy (non-hydrogen) atoms. The van der Waals surface area contributed by atoms with Crippen LogP contribution in [-0.2, 0) is 20.3 Å². The van der Waals surface area contributed by atoms with E-state index in [1.165, 1.54) is 0 Å². The molecule has 0 aromatic heterocycles. The molecule has 3 rings (SSSR count). The van der Waals surface area contributed by atoms with Gasteiger partial charge in [0.1, 0.15) is 4.21 Å². The number of aryl methyl sites for hydroxylation is 1. The Kier molecular flexibility index (Phi) is 4.62. The van der Waals surface area contributed by atoms with Gasteiger partial charge in [0.15, 0.2) is 5.79 Å². The normalized spacial score (nSPS) is 26.8. The van der Waals surface area contributed by atoms with E-state index in [4.69, 9.17) is 21.1 Å². The fraction of sp³-hybridized carbons (Fsp3) is 0.647. The summed E-state index contributed by atoms with van der Waals surface area (Å²) in [5.74, 6) is -0.579. The van der Waals surface area contributed by atoms with Crippen molar-refractivity contribution in [2.45, 2.75) is 60.0 Å². The van der Waals surface area contributed by atoms with E-state index in [1.54, 1.807) is 6.92 Å². The van der Waals surface area contributed by atoms with Gasteiger partial charge in [-0.05, 0) is 38.8 Å². The minimum Gasteiger partial charge on any atom is -0.387 e. The highest BCUT2D eigenvalue weighted by molar-refractivity contribution is 7.88. The number of alkyl halides is 1. The van der Waals surface area contributed by atoms with Crippen molar-refractivity contribution in [3.8, 4) is 0 Å². The summed E-state index contributed by atoms with van der Waals surface area (Å²) in [7, 11) is -1.52. The molecule has 1 N–H and O–H groups in total. The van der Waals surface area contributed by atoms with Crippen molar-refractivity contribution in [1.29, 1.82) is 0 Å². The van der Waals surface area contributed by atoms with Gasteiger partial charge < -0.3 is 14.6 Å². The van der Waals surface area contributed by atoms with Crippen LogP contribution >= 0.6 is 11.6 Å². The highest BCUT2D eigenvalue weighted by Gasteiger charge is 2.56. The Hall–Kier alpha value is -0.460. The average molecular weight is 359 g/mol. The molecule has 1 aliphatic heterocycles. The van der Waals surface area contributed by atoms with Gasteiger partial charge in [-0.2, -0.15) is 0 Å². The summed E-state index contributed by atoms with van der Waals surface area (Å²) < 4.78 is 23.1. The van der Waals surface area contributed by atoms with E-state index in [2.05, 4.69) is 0 Å². The number of ether oxygens (including phenoxy) is 2. The van der Waals surface area contributed by atoms with E-state index in [9.17, 15) is 9.32 Å². The molecule has 2 unspecified atom stereocenters. The Morgan fingerprint density at radius 2 is 1.65 bits per heavy atom. The molecule has 2 atom stereocenters. The summed E-state index contributed by atoms with van der Waals surface area (Å²) in [6, 6.07) is 7.42. The molecule has 2 aliphatic rings. The van der Waals surface area contributed by atoms with Gasteiger partial charge in [0, 0.05) is 17.7 Å². The lowest BCUT2D eigenvalue weighted by Gasteiger charge is -2.46. The largest absolute Gasteiger partial charge is 0.387 e. The van der Waals surface area contributed by atoms with Gasteiger partial charge in [-0.1, -0.05) is 17.7 Å². The average Bonchev–Trinajstić information content (AvgIpc) is 2.99. The second kappa shape index (κ2) is 6.12. The molecule has 1 saturated carbocycles. The first-order valence-electron chi connectivity index (χ1n) is 7.96. The Labute approximate surface area is 144 Å². The van der Waals surface area contributed by atoms with Crippen LogP contribution < -0.4 is 0 Å². The molecule has 1 aliphatic carbocycles. The van der Waals surface area contributed by atoms with Gasteiger partial charge in [0.2, 0.25) is 0 Å². The van der Waals surface area contributed by atoms with Crippen LogP contribution in [0.15, 0.2) is 29.2 Å². The van der Waals surface area contributed by atoms with E-state index in [1.807, 2.05) is 31.2 Å². The fourth-order valence-corrected chi connectivity index (χ4v) is 5.16. The monoisotopic (exact) mass is 358 g/mol. The van der Waals surface area contributed by atoms with Crippen LogP contribution in [0.25, 0.3) is 0 Å². The minimum atomic E-state index is -1.52. The first-order chi connectivity index (χ1) is 10.8. The third kappa shape index (κ3) is 3.10. The Balaban J connectivity index is 1.78. The van der Waals surface area contributed by atoms with Gasteiger partial charge >= 0.3 is 0 Å². The van der Waals surface area contributed by atoms with Crippen molar-refractivity contribution in [3.63, 3.8) is 0 Å². The Morgan fingerprint density at radius 3 is 2.17 bits per heavy atom. The molecular formula is C17H23ClO4S. The SMILES string of the molecule is Cc1ccc(S(=O)C(C)(Cl)C2(O)CCC3(CC2)OCCO3)cc1. The lowest BCUT2D eigenvalue weighted by Crippen LogP contribution is -2.56. The quantitative estimate of drug-likeness (QED) is 0.843. The predicted octanol–water partition coefficient (Wildman–Crippen LogP) is 3.11. The second-order valence-electron chi connectivity index (χ2n) is 6.64. The molecule has 0 radical (unpaired) electrons. The lowest BCUT2D eigenvalue weighted by molar-refractivity contribution is -0.203. The summed E-state index contributed by atoms with van der Waals surface area (Å²) in [5.41, 5.74) is -0.124. The zero-order valence-electron chi connectivity index (χ0n) is 13.5. The van der Waals surface area contributed by atoms with Gasteiger partial charge in [-0.15, -0.1) is 11.6 Å². The molecular weight excluding hydrogens is 336 g/mol. The molecule has 0 bridgehead atoms. The number of rotatable bonds is 3. The van der Waals surface area contributed by atoms with Gasteiger partial charge in [-0.3, -0.25) is 4.21 Å². The highest BCUT2D eigenvalue weighted by Crippen LogP contribution is 2.49. The molecule has 1 aromatic carbocycles. The molecule has 1 aromatic rings. The van der Waals surface area contributed by atoms with Crippen molar-refractivity contribution in [2.24, 2.45) is 0 Å². The summed E-state index contributed by atoms with van der Waals surface area (Å²) in [5, 5.41) is 11.1. The number of benzene rings is 1. The maximum Gasteiger partial charge on any atom is 0.168 e. The number of hydrogen-bond acceptors (Lipinski definition) is 4. The molecule has 1 heterocycles. The summed E-state index contributed by atoms with van der Waals surface area (Å²) >= 11 is 6.64. The molecule has 1 saturated heterocycles. The minimum absolute atomic E-state index is 0.407. The Morgan fingerprint density at radius 1 is 1.13 bits per heavy atom. The van der Waals surface area contributed by atoms with Crippen molar-refractivity contribution in [1.82, 2.24) is 0 Å². The lowest BCUT2D eigenvalue weighted by atomic mass is 9.79. The maximum atomic E-state index is 13.0. The Bertz CT molecular complexity index is 583. The van der Waals surface area contributed by atoms with Crippen LogP contribution in [0.2, 0.25) is 0 Å². The van der Waals surface area contributed by atoms with E-state index in [0.29, 0.717) is 43.8 Å². The molecule has 4 nitrogen and oxygen atoms in total. The van der Waals surface area contributed by atoms with Crippen LogP contribution in [0.3, 0.4) is 0 Å². The van der Waals surface area contributed by atoms with Crippen molar-refractivity contribution < 1.29 is 18.8 Å². The molecule has 0 amide bonds. The number of halogens is 1. The molecule has 1 spiro atoms. The van der Waals surface area contributed by atoms with Crippen LogP contribution in [0, 0.1) is 6.92 Å². The molecule has 2 fully saturated rings. The zero-order chi connectivity index (χ0) is 16.7. The van der Waals surface area contributed by atoms with Gasteiger partial charge in [-0.25, -0.2) is 0 Å². The van der Waals surface area contributed by atoms with Crippen LogP contribution in [0.4, 0.5) is 0 Å². The first kappa shape index (κ1) is 17.4. The summed E-state index contributed by atoms with van der Waals surface area (Å²) in [6.45, 7) is 4.82. The fourth-order valence-electron chi connectivity index (χ4n) is 3.33. The summed E-state index contributed by atoms with van der Waals surface area (Å²) in [6.07, 6.45) is 1.95. The van der Waals surface area contributed by atoms with Gasteiger partial charge in [0.25, 0.3) is 0 Å². The third-order valence-corrected chi connectivity index (χ3v) is 7.62. The number of aliphatic hydroxyl groups is 1. The molecule has 6 heteroatoms. The van der Waals surface area contributed by atoms with Crippen molar-refractivity contribution in [2.75, 3.05) is 13.2 Å². The number of hydrogen-bond donors (Lipinski definition) is 1. The van der Waals surface area contributed by atoms with Crippen LogP contribution in [-0.4, -0.2) is 38.1 Å². The van der Waals surface area contributed by atoms with Crippen LogP contribution in [0.5, 0.6) is 0 Å². The predicted molar refractivity (Wildman–Crippen MR) is 89.9 cm³/mol. The molecule has 128 valence electrons. The standard InChI is InChI=1S/C17H23ClO4S/c1-13-3-5-14(6-4-13)23(20)15(2,18)16(19)7-9-17(10-8-16)21-11-12-22-17/h3-6,19H,7-12H2,1-2H3. The maximum absolute atomic E-state index is 13.0. The van der Waals surface area contributed by atoms with E-state index in [0.717, 1.165) is 5.56 Å². The zero-order valence-corrected chi connectivity index (χ0v) is 15.1. The summed E-state index contributed by atoms with van der Waals surface area (Å²) in [4.78, 5) is 0.634. The van der Waals surface area contributed by atoms with E-state index < -0.39 is 26.4 Å².